The van der Waals surface area contributed by atoms with Gasteiger partial charge in [0.1, 0.15) is 11.5 Å². The highest BCUT2D eigenvalue weighted by Gasteiger charge is 2.26. The molecule has 1 amide bonds. The van der Waals surface area contributed by atoms with Gasteiger partial charge in [-0.15, -0.1) is 0 Å². The van der Waals surface area contributed by atoms with Crippen LogP contribution in [0.25, 0.3) is 5.65 Å². The Morgan fingerprint density at radius 3 is 2.83 bits per heavy atom. The largest absolute Gasteiger partial charge is 0.488 e. The van der Waals surface area contributed by atoms with Gasteiger partial charge in [-0.05, 0) is 38.3 Å². The molecule has 1 aliphatic heterocycles. The number of carbonyl (C=O) groups excluding carboxylic acids is 1. The highest BCUT2D eigenvalue weighted by atomic mass is 16.5. The van der Waals surface area contributed by atoms with E-state index in [1.54, 1.807) is 18.5 Å². The second-order valence-electron chi connectivity index (χ2n) is 7.92. The Morgan fingerprint density at radius 2 is 2.07 bits per heavy atom. The minimum Gasteiger partial charge on any atom is -0.488 e. The average molecular weight is 406 g/mol. The first-order valence-electron chi connectivity index (χ1n) is 10.5. The Balaban J connectivity index is 1.43. The van der Waals surface area contributed by atoms with E-state index >= 15 is 0 Å². The van der Waals surface area contributed by atoms with Gasteiger partial charge in [0.15, 0.2) is 5.75 Å². The van der Waals surface area contributed by atoms with Gasteiger partial charge in [-0.2, -0.15) is 0 Å². The number of nitrogens with zero attached hydrogens (tertiary/aromatic N) is 4. The maximum atomic E-state index is 12.9. The molecule has 8 nitrogen and oxygen atoms in total. The van der Waals surface area contributed by atoms with Gasteiger partial charge >= 0.3 is 0 Å². The van der Waals surface area contributed by atoms with Crippen molar-refractivity contribution in [3.63, 3.8) is 0 Å². The van der Waals surface area contributed by atoms with Gasteiger partial charge in [0.05, 0.1) is 23.6 Å². The summed E-state index contributed by atoms with van der Waals surface area (Å²) in [4.78, 5) is 24.0. The summed E-state index contributed by atoms with van der Waals surface area (Å²) in [7, 11) is 0. The third kappa shape index (κ3) is 3.59. The lowest BCUT2D eigenvalue weighted by Crippen LogP contribution is -2.44. The molecule has 2 aliphatic rings. The lowest BCUT2D eigenvalue weighted by atomic mass is 9.96. The van der Waals surface area contributed by atoms with Crippen LogP contribution in [0.15, 0.2) is 36.9 Å². The maximum Gasteiger partial charge on any atom is 0.258 e. The summed E-state index contributed by atoms with van der Waals surface area (Å²) in [5.74, 6) is 1.18. The number of pyridine rings is 2. The van der Waals surface area contributed by atoms with E-state index in [-0.39, 0.29) is 12.0 Å². The number of ether oxygens (including phenoxy) is 1. The predicted molar refractivity (Wildman–Crippen MR) is 115 cm³/mol. The molecule has 8 heteroatoms. The lowest BCUT2D eigenvalue weighted by molar-refractivity contribution is 0.102. The van der Waals surface area contributed by atoms with Gasteiger partial charge in [-0.3, -0.25) is 4.79 Å². The summed E-state index contributed by atoms with van der Waals surface area (Å²) >= 11 is 0. The van der Waals surface area contributed by atoms with Crippen LogP contribution in [0.1, 0.15) is 35.2 Å². The van der Waals surface area contributed by atoms with Crippen molar-refractivity contribution < 1.29 is 9.53 Å². The maximum absolute atomic E-state index is 12.9. The molecule has 2 N–H and O–H groups in total. The molecule has 0 aromatic carbocycles. The zero-order chi connectivity index (χ0) is 20.5. The molecule has 156 valence electrons. The highest BCUT2D eigenvalue weighted by Crippen LogP contribution is 2.38. The van der Waals surface area contributed by atoms with Crippen LogP contribution < -0.4 is 20.3 Å². The van der Waals surface area contributed by atoms with Crippen LogP contribution in [0.2, 0.25) is 0 Å². The van der Waals surface area contributed by atoms with Crippen molar-refractivity contribution >= 4 is 23.1 Å². The number of rotatable bonds is 5. The van der Waals surface area contributed by atoms with E-state index in [0.29, 0.717) is 11.4 Å². The Kier molecular flexibility index (Phi) is 5.00. The second-order valence-corrected chi connectivity index (χ2v) is 7.92. The molecule has 1 saturated carbocycles. The van der Waals surface area contributed by atoms with E-state index in [1.807, 2.05) is 29.8 Å². The van der Waals surface area contributed by atoms with E-state index in [9.17, 15) is 4.79 Å². The van der Waals surface area contributed by atoms with Gasteiger partial charge in [-0.1, -0.05) is 0 Å². The Hall–Kier alpha value is -3.13. The van der Waals surface area contributed by atoms with Gasteiger partial charge < -0.3 is 24.7 Å². The molecule has 0 radical (unpaired) electrons. The molecule has 3 aromatic rings. The SMILES string of the molecule is Cc1c(NC(=O)c2ccc3nccn3c2)ncc(N2CCNCC2)c1OC1CCC1. The van der Waals surface area contributed by atoms with E-state index in [4.69, 9.17) is 4.74 Å². The molecule has 0 atom stereocenters. The lowest BCUT2D eigenvalue weighted by Gasteiger charge is -2.34. The van der Waals surface area contributed by atoms with Gasteiger partial charge in [0.2, 0.25) is 0 Å². The normalized spacial score (nSPS) is 17.0. The quantitative estimate of drug-likeness (QED) is 0.678. The number of hydrogen-bond acceptors (Lipinski definition) is 6. The van der Waals surface area contributed by atoms with Gasteiger partial charge in [0.25, 0.3) is 5.91 Å². The molecule has 1 aliphatic carbocycles. The molecule has 1 saturated heterocycles. The number of piperazine rings is 1. The molecule has 3 aromatic heterocycles. The molecule has 30 heavy (non-hydrogen) atoms. The zero-order valence-electron chi connectivity index (χ0n) is 17.1. The number of anilines is 2. The molecule has 2 fully saturated rings. The summed E-state index contributed by atoms with van der Waals surface area (Å²) in [6, 6.07) is 3.60. The molecular formula is C22H26N6O2. The van der Waals surface area contributed by atoms with Crippen LogP contribution in [0.5, 0.6) is 5.75 Å². The van der Waals surface area contributed by atoms with E-state index in [0.717, 1.165) is 61.7 Å². The first-order chi connectivity index (χ1) is 14.7. The number of fused-ring (bicyclic) bond motifs is 1. The number of hydrogen-bond donors (Lipinski definition) is 2. The molecular weight excluding hydrogens is 380 g/mol. The summed E-state index contributed by atoms with van der Waals surface area (Å²) in [6.07, 6.45) is 10.8. The number of carbonyl (C=O) groups is 1. The minimum absolute atomic E-state index is 0.203. The van der Waals surface area contributed by atoms with Crippen molar-refractivity contribution in [1.82, 2.24) is 19.7 Å². The van der Waals surface area contributed by atoms with Gasteiger partial charge in [-0.25, -0.2) is 9.97 Å². The van der Waals surface area contributed by atoms with Crippen molar-refractivity contribution in [2.24, 2.45) is 0 Å². The molecule has 4 heterocycles. The average Bonchev–Trinajstić information content (AvgIpc) is 3.21. The predicted octanol–water partition coefficient (Wildman–Crippen LogP) is 2.63. The van der Waals surface area contributed by atoms with Crippen LogP contribution in [-0.2, 0) is 0 Å². The van der Waals surface area contributed by atoms with E-state index in [2.05, 4.69) is 25.5 Å². The van der Waals surface area contributed by atoms with Crippen LogP contribution in [0.3, 0.4) is 0 Å². The first kappa shape index (κ1) is 18.9. The fraction of sp³-hybridized carbons (Fsp3) is 0.409. The Labute approximate surface area is 175 Å². The fourth-order valence-electron chi connectivity index (χ4n) is 3.88. The fourth-order valence-corrected chi connectivity index (χ4v) is 3.88. The highest BCUT2D eigenvalue weighted by molar-refractivity contribution is 6.04. The Morgan fingerprint density at radius 1 is 1.23 bits per heavy atom. The number of amides is 1. The zero-order valence-corrected chi connectivity index (χ0v) is 17.1. The molecule has 5 rings (SSSR count). The van der Waals surface area contributed by atoms with Crippen LogP contribution in [0, 0.1) is 6.92 Å². The van der Waals surface area contributed by atoms with Crippen LogP contribution >= 0.6 is 0 Å². The van der Waals surface area contributed by atoms with Crippen molar-refractivity contribution in [3.8, 4) is 5.75 Å². The Bertz CT molecular complexity index is 1070. The monoisotopic (exact) mass is 406 g/mol. The number of aromatic nitrogens is 3. The van der Waals surface area contributed by atoms with Crippen molar-refractivity contribution in [3.05, 3.63) is 48.0 Å². The molecule has 0 bridgehead atoms. The first-order valence-corrected chi connectivity index (χ1v) is 10.5. The van der Waals surface area contributed by atoms with Crippen LogP contribution in [-0.4, -0.2) is 52.6 Å². The van der Waals surface area contributed by atoms with Crippen molar-refractivity contribution in [2.75, 3.05) is 36.4 Å². The van der Waals surface area contributed by atoms with Gasteiger partial charge in [0, 0.05) is 50.3 Å². The minimum atomic E-state index is -0.203. The van der Waals surface area contributed by atoms with Crippen molar-refractivity contribution in [2.45, 2.75) is 32.3 Å². The molecule has 0 spiro atoms. The van der Waals surface area contributed by atoms with Crippen LogP contribution in [0.4, 0.5) is 11.5 Å². The summed E-state index contributed by atoms with van der Waals surface area (Å²) in [5.41, 5.74) is 3.24. The standard InChI is InChI=1S/C22H26N6O2/c1-15-20(30-17-3-2-4-17)18(27-10-7-23-8-11-27)13-25-21(15)26-22(29)16-5-6-19-24-9-12-28(19)14-16/h5-6,9,12-14,17,23H,2-4,7-8,10-11H2,1H3,(H,25,26,29). The van der Waals surface area contributed by atoms with Crippen molar-refractivity contribution in [1.29, 1.82) is 0 Å². The van der Waals surface area contributed by atoms with E-state index in [1.165, 1.54) is 6.42 Å². The summed E-state index contributed by atoms with van der Waals surface area (Å²) in [6.45, 7) is 5.69. The molecule has 0 unspecified atom stereocenters. The summed E-state index contributed by atoms with van der Waals surface area (Å²) in [5, 5.41) is 6.35. The number of nitrogens with one attached hydrogen (secondary N) is 2. The van der Waals surface area contributed by atoms with E-state index < -0.39 is 0 Å². The number of imidazole rings is 1. The summed E-state index contributed by atoms with van der Waals surface area (Å²) < 4.78 is 8.20. The third-order valence-electron chi connectivity index (χ3n) is 5.92. The smallest absolute Gasteiger partial charge is 0.258 e. The third-order valence-corrected chi connectivity index (χ3v) is 5.92. The topological polar surface area (TPSA) is 83.8 Å². The second kappa shape index (κ2) is 7.95.